The highest BCUT2D eigenvalue weighted by Gasteiger charge is 2.35. The van der Waals surface area contributed by atoms with Gasteiger partial charge in [-0.1, -0.05) is 121 Å². The molecule has 5 heteroatoms. The summed E-state index contributed by atoms with van der Waals surface area (Å²) in [5.74, 6) is 0.566. The average Bonchev–Trinajstić information content (AvgIpc) is 3.01. The Morgan fingerprint density at radius 1 is 0.786 bits per heavy atom. The largest absolute Gasteiger partial charge is 0.467 e. The zero-order valence-corrected chi connectivity index (χ0v) is 26.2. The van der Waals surface area contributed by atoms with Crippen LogP contribution in [0.5, 0.6) is 5.75 Å². The van der Waals surface area contributed by atoms with Crippen molar-refractivity contribution in [2.24, 2.45) is 0 Å². The highest BCUT2D eigenvalue weighted by atomic mass is 31.1. The van der Waals surface area contributed by atoms with Gasteiger partial charge in [0.05, 0.1) is 6.61 Å². The Balaban J connectivity index is 1.93. The Hall–Kier alpha value is -3.04. The number of hydrogen-bond donors (Lipinski definition) is 1. The van der Waals surface area contributed by atoms with E-state index in [2.05, 4.69) is 80.6 Å². The normalized spacial score (nSPS) is 13.0. The number of methoxy groups -OCH3 is 1. The molecular formula is C37H44FO3P. The summed E-state index contributed by atoms with van der Waals surface area (Å²) in [6.45, 7) is 4.45. The molecule has 0 aliphatic rings. The van der Waals surface area contributed by atoms with Crippen LogP contribution < -0.4 is 10.0 Å². The van der Waals surface area contributed by atoms with E-state index in [0.29, 0.717) is 14.1 Å². The molecule has 0 saturated heterocycles. The van der Waals surface area contributed by atoms with E-state index in [4.69, 9.17) is 9.47 Å². The fourth-order valence-electron chi connectivity index (χ4n) is 5.75. The molecule has 3 nitrogen and oxygen atoms in total. The summed E-state index contributed by atoms with van der Waals surface area (Å²) in [5.41, 5.74) is 6.71. The Kier molecular flexibility index (Phi) is 12.1. The predicted molar refractivity (Wildman–Crippen MR) is 174 cm³/mol. The molecule has 2 unspecified atom stereocenters. The van der Waals surface area contributed by atoms with Crippen LogP contribution >= 0.6 is 8.58 Å². The predicted octanol–water partition coefficient (Wildman–Crippen LogP) is 8.67. The van der Waals surface area contributed by atoms with Gasteiger partial charge in [-0.05, 0) is 64.5 Å². The SMILES string of the molecule is CCCCCC(CC)(Pc1ccc(F)cc1CO)c1cc(Cc2ccccc2)cc(Cc2ccccc2)c1OCOC. The Morgan fingerprint density at radius 2 is 1.48 bits per heavy atom. The number of halogens is 1. The lowest BCUT2D eigenvalue weighted by Gasteiger charge is -2.37. The molecule has 2 atom stereocenters. The van der Waals surface area contributed by atoms with E-state index in [-0.39, 0.29) is 24.4 Å². The maximum absolute atomic E-state index is 14.2. The molecule has 0 bridgehead atoms. The molecule has 0 aliphatic carbocycles. The highest BCUT2D eigenvalue weighted by Crippen LogP contribution is 2.53. The van der Waals surface area contributed by atoms with Gasteiger partial charge in [-0.2, -0.15) is 0 Å². The minimum atomic E-state index is -0.320. The van der Waals surface area contributed by atoms with Crippen LogP contribution in [0.1, 0.15) is 79.3 Å². The second-order valence-corrected chi connectivity index (χ2v) is 12.7. The summed E-state index contributed by atoms with van der Waals surface area (Å²) < 4.78 is 26.1. The lowest BCUT2D eigenvalue weighted by atomic mass is 9.84. The van der Waals surface area contributed by atoms with Gasteiger partial charge in [-0.25, -0.2) is 4.39 Å². The van der Waals surface area contributed by atoms with Gasteiger partial charge in [0.1, 0.15) is 11.6 Å². The minimum absolute atomic E-state index is 0.156. The van der Waals surface area contributed by atoms with Gasteiger partial charge in [-0.15, -0.1) is 0 Å². The van der Waals surface area contributed by atoms with Gasteiger partial charge in [0, 0.05) is 24.3 Å². The lowest BCUT2D eigenvalue weighted by Crippen LogP contribution is -2.26. The fraction of sp³-hybridized carbons (Fsp3) is 0.351. The number of ether oxygens (including phenoxy) is 2. The molecule has 4 rings (SSSR count). The third-order valence-corrected chi connectivity index (χ3v) is 10.1. The van der Waals surface area contributed by atoms with Gasteiger partial charge in [0.25, 0.3) is 0 Å². The Morgan fingerprint density at radius 3 is 2.10 bits per heavy atom. The Labute approximate surface area is 252 Å². The molecule has 0 fully saturated rings. The minimum Gasteiger partial charge on any atom is -0.467 e. The van der Waals surface area contributed by atoms with E-state index in [0.717, 1.165) is 61.6 Å². The topological polar surface area (TPSA) is 38.7 Å². The van der Waals surface area contributed by atoms with E-state index in [1.54, 1.807) is 7.11 Å². The fourth-order valence-corrected chi connectivity index (χ4v) is 7.54. The first-order valence-electron chi connectivity index (χ1n) is 15.0. The summed E-state index contributed by atoms with van der Waals surface area (Å²) in [7, 11) is 1.99. The maximum Gasteiger partial charge on any atom is 0.188 e. The molecule has 0 spiro atoms. The summed E-state index contributed by atoms with van der Waals surface area (Å²) in [6, 6.07) is 30.6. The van der Waals surface area contributed by atoms with E-state index < -0.39 is 0 Å². The van der Waals surface area contributed by atoms with Crippen LogP contribution in [0.25, 0.3) is 0 Å². The van der Waals surface area contributed by atoms with E-state index >= 15 is 0 Å². The van der Waals surface area contributed by atoms with Crippen LogP contribution in [0.2, 0.25) is 0 Å². The molecule has 0 aromatic heterocycles. The lowest BCUT2D eigenvalue weighted by molar-refractivity contribution is 0.0492. The Bertz CT molecular complexity index is 1390. The van der Waals surface area contributed by atoms with Gasteiger partial charge in [0.2, 0.25) is 0 Å². The van der Waals surface area contributed by atoms with Gasteiger partial charge >= 0.3 is 0 Å². The van der Waals surface area contributed by atoms with Crippen LogP contribution in [-0.2, 0) is 29.3 Å². The summed E-state index contributed by atoms with van der Waals surface area (Å²) in [6.07, 6.45) is 6.76. The van der Waals surface area contributed by atoms with Crippen molar-refractivity contribution >= 4 is 13.9 Å². The average molecular weight is 587 g/mol. The van der Waals surface area contributed by atoms with Crippen molar-refractivity contribution in [3.8, 4) is 5.75 Å². The number of aliphatic hydroxyl groups is 1. The van der Waals surface area contributed by atoms with Gasteiger partial charge < -0.3 is 14.6 Å². The van der Waals surface area contributed by atoms with E-state index in [1.165, 1.54) is 34.4 Å². The van der Waals surface area contributed by atoms with Crippen molar-refractivity contribution < 1.29 is 19.0 Å². The first-order chi connectivity index (χ1) is 20.5. The summed E-state index contributed by atoms with van der Waals surface area (Å²) >= 11 is 0. The third kappa shape index (κ3) is 8.28. The molecular weight excluding hydrogens is 542 g/mol. The first-order valence-corrected chi connectivity index (χ1v) is 16.0. The number of unbranched alkanes of at least 4 members (excludes halogenated alkanes) is 2. The number of benzene rings is 4. The van der Waals surface area contributed by atoms with Crippen molar-refractivity contribution in [2.75, 3.05) is 13.9 Å². The second kappa shape index (κ2) is 16.0. The third-order valence-electron chi connectivity index (χ3n) is 7.97. The van der Waals surface area contributed by atoms with Crippen molar-refractivity contribution in [1.29, 1.82) is 0 Å². The molecule has 222 valence electrons. The zero-order valence-electron chi connectivity index (χ0n) is 25.2. The summed E-state index contributed by atoms with van der Waals surface area (Å²) in [5, 5.41) is 10.9. The van der Waals surface area contributed by atoms with Crippen LogP contribution in [0.4, 0.5) is 4.39 Å². The van der Waals surface area contributed by atoms with Crippen LogP contribution in [0, 0.1) is 5.82 Å². The second-order valence-electron chi connectivity index (χ2n) is 11.0. The van der Waals surface area contributed by atoms with Crippen LogP contribution in [0.15, 0.2) is 91.0 Å². The van der Waals surface area contributed by atoms with Gasteiger partial charge in [-0.3, -0.25) is 0 Å². The molecule has 42 heavy (non-hydrogen) atoms. The molecule has 4 aromatic rings. The highest BCUT2D eigenvalue weighted by molar-refractivity contribution is 7.48. The molecule has 0 saturated carbocycles. The molecule has 0 heterocycles. The standard InChI is InChI=1S/C37H44FO3P/c1-4-6-13-20-37(5-2,42-35-19-18-33(38)25-32(35)26-39)34-24-30(21-28-14-9-7-10-15-28)23-31(36(34)41-27-40-3)22-29-16-11-8-12-17-29/h7-12,14-19,23-25,39,42H,4-6,13,20-22,26-27H2,1-3H3. The monoisotopic (exact) mass is 586 g/mol. The first kappa shape index (κ1) is 31.9. The molecule has 4 aromatic carbocycles. The zero-order chi connectivity index (χ0) is 29.8. The van der Waals surface area contributed by atoms with Gasteiger partial charge in [0.15, 0.2) is 6.79 Å². The summed E-state index contributed by atoms with van der Waals surface area (Å²) in [4.78, 5) is 0. The number of hydrogen-bond acceptors (Lipinski definition) is 3. The van der Waals surface area contributed by atoms with E-state index in [1.807, 2.05) is 12.1 Å². The smallest absolute Gasteiger partial charge is 0.188 e. The maximum atomic E-state index is 14.2. The van der Waals surface area contributed by atoms with Crippen molar-refractivity contribution in [2.45, 2.75) is 70.6 Å². The van der Waals surface area contributed by atoms with E-state index in [9.17, 15) is 9.50 Å². The molecule has 0 radical (unpaired) electrons. The van der Waals surface area contributed by atoms with Crippen molar-refractivity contribution in [1.82, 2.24) is 0 Å². The van der Waals surface area contributed by atoms with Crippen LogP contribution in [-0.4, -0.2) is 19.0 Å². The molecule has 0 aliphatic heterocycles. The molecule has 1 N–H and O–H groups in total. The molecule has 0 amide bonds. The number of aliphatic hydroxyl groups excluding tert-OH is 1. The quantitative estimate of drug-likeness (QED) is 0.0811. The van der Waals surface area contributed by atoms with Crippen molar-refractivity contribution in [3.05, 3.63) is 130 Å². The van der Waals surface area contributed by atoms with Crippen molar-refractivity contribution in [3.63, 3.8) is 0 Å². The number of rotatable bonds is 16. The van der Waals surface area contributed by atoms with Crippen LogP contribution in [0.3, 0.4) is 0 Å².